The zero-order valence-electron chi connectivity index (χ0n) is 16.6. The molecule has 29 heavy (non-hydrogen) atoms. The summed E-state index contributed by atoms with van der Waals surface area (Å²) in [6, 6.07) is 2.56. The molecule has 1 heterocycles. The van der Waals surface area contributed by atoms with Crippen molar-refractivity contribution < 1.29 is 22.0 Å². The van der Waals surface area contributed by atoms with E-state index in [0.29, 0.717) is 24.8 Å². The van der Waals surface area contributed by atoms with Crippen LogP contribution in [0.2, 0.25) is 0 Å². The molecule has 3 aliphatic rings. The Morgan fingerprint density at radius 3 is 2.48 bits per heavy atom. The van der Waals surface area contributed by atoms with Crippen molar-refractivity contribution in [3.63, 3.8) is 0 Å². The number of piperidine rings is 1. The highest BCUT2D eigenvalue weighted by Gasteiger charge is 2.42. The predicted octanol–water partition coefficient (Wildman–Crippen LogP) is 3.31. The van der Waals surface area contributed by atoms with Gasteiger partial charge in [-0.1, -0.05) is 6.42 Å². The summed E-state index contributed by atoms with van der Waals surface area (Å²) in [5.41, 5.74) is 0. The highest BCUT2D eigenvalue weighted by atomic mass is 32.2. The highest BCUT2D eigenvalue weighted by molar-refractivity contribution is 7.89. The Labute approximate surface area is 170 Å². The van der Waals surface area contributed by atoms with Gasteiger partial charge in [0.1, 0.15) is 16.5 Å². The van der Waals surface area contributed by atoms with E-state index < -0.39 is 26.6 Å². The number of benzene rings is 1. The lowest BCUT2D eigenvalue weighted by Crippen LogP contribution is -2.47. The van der Waals surface area contributed by atoms with E-state index >= 15 is 0 Å². The third-order valence-electron chi connectivity index (χ3n) is 7.14. The minimum Gasteiger partial charge on any atom is -0.353 e. The summed E-state index contributed by atoms with van der Waals surface area (Å²) in [4.78, 5) is 12.1. The van der Waals surface area contributed by atoms with Gasteiger partial charge in [0.05, 0.1) is 0 Å². The van der Waals surface area contributed by atoms with Crippen molar-refractivity contribution in [2.45, 2.75) is 56.4 Å². The Balaban J connectivity index is 1.34. The van der Waals surface area contributed by atoms with Crippen LogP contribution in [0, 0.1) is 35.3 Å². The van der Waals surface area contributed by atoms with Gasteiger partial charge in [0.15, 0.2) is 0 Å². The van der Waals surface area contributed by atoms with Crippen LogP contribution in [0.3, 0.4) is 0 Å². The average Bonchev–Trinajstić information content (AvgIpc) is 3.33. The first-order valence-electron chi connectivity index (χ1n) is 10.5. The number of fused-ring (bicyclic) bond motifs is 2. The molecular formula is C21H28F2N2O3S. The number of sulfonamides is 1. The van der Waals surface area contributed by atoms with Gasteiger partial charge < -0.3 is 5.32 Å². The smallest absolute Gasteiger partial charge is 0.246 e. The van der Waals surface area contributed by atoms with E-state index in [0.717, 1.165) is 28.3 Å². The standard InChI is InChI=1S/C21H28F2N2O3S/c1-13(18-11-14-2-3-16(18)10-14)24-21(26)15-6-8-25(9-7-15)29(27,28)20-12-17(22)4-5-19(20)23/h4-5,12-16,18H,2-3,6-11H2,1H3,(H,24,26). The Morgan fingerprint density at radius 1 is 1.14 bits per heavy atom. The Bertz CT molecular complexity index is 884. The van der Waals surface area contributed by atoms with Crippen molar-refractivity contribution in [3.05, 3.63) is 29.8 Å². The van der Waals surface area contributed by atoms with Crippen LogP contribution in [-0.2, 0) is 14.8 Å². The van der Waals surface area contributed by atoms with E-state index in [1.165, 1.54) is 25.7 Å². The molecule has 4 rings (SSSR count). The second-order valence-electron chi connectivity index (χ2n) is 8.89. The zero-order chi connectivity index (χ0) is 20.8. The second-order valence-corrected chi connectivity index (χ2v) is 10.8. The largest absolute Gasteiger partial charge is 0.353 e. The van der Waals surface area contributed by atoms with Crippen LogP contribution in [0.15, 0.2) is 23.1 Å². The fourth-order valence-electron chi connectivity index (χ4n) is 5.53. The Hall–Kier alpha value is -1.54. The van der Waals surface area contributed by atoms with E-state index in [9.17, 15) is 22.0 Å². The van der Waals surface area contributed by atoms with Crippen LogP contribution in [0.25, 0.3) is 0 Å². The van der Waals surface area contributed by atoms with E-state index in [1.54, 1.807) is 0 Å². The maximum atomic E-state index is 13.9. The molecule has 4 unspecified atom stereocenters. The van der Waals surface area contributed by atoms with E-state index in [1.807, 2.05) is 0 Å². The number of carbonyl (C=O) groups excluding carboxylic acids is 1. The van der Waals surface area contributed by atoms with Gasteiger partial charge in [-0.15, -0.1) is 0 Å². The molecule has 1 amide bonds. The van der Waals surface area contributed by atoms with E-state index in [2.05, 4.69) is 12.2 Å². The first-order chi connectivity index (χ1) is 13.8. The summed E-state index contributed by atoms with van der Waals surface area (Å²) in [7, 11) is -4.12. The van der Waals surface area contributed by atoms with Crippen LogP contribution in [0.5, 0.6) is 0 Å². The molecule has 2 aliphatic carbocycles. The molecule has 2 bridgehead atoms. The van der Waals surface area contributed by atoms with Gasteiger partial charge in [0.25, 0.3) is 0 Å². The second kappa shape index (κ2) is 7.95. The Morgan fingerprint density at radius 2 is 1.86 bits per heavy atom. The summed E-state index contributed by atoms with van der Waals surface area (Å²) < 4.78 is 53.9. The molecule has 1 aromatic rings. The molecule has 0 aromatic heterocycles. The van der Waals surface area contributed by atoms with Crippen LogP contribution in [0.4, 0.5) is 8.78 Å². The van der Waals surface area contributed by atoms with Crippen molar-refractivity contribution in [2.24, 2.45) is 23.7 Å². The lowest BCUT2D eigenvalue weighted by atomic mass is 9.83. The number of hydrogen-bond acceptors (Lipinski definition) is 3. The quantitative estimate of drug-likeness (QED) is 0.786. The molecule has 4 atom stereocenters. The third-order valence-corrected chi connectivity index (χ3v) is 9.05. The van der Waals surface area contributed by atoms with Crippen LogP contribution in [0.1, 0.15) is 45.4 Å². The predicted molar refractivity (Wildman–Crippen MR) is 104 cm³/mol. The van der Waals surface area contributed by atoms with E-state index in [4.69, 9.17) is 0 Å². The number of hydrogen-bond donors (Lipinski definition) is 1. The monoisotopic (exact) mass is 426 g/mol. The van der Waals surface area contributed by atoms with Crippen LogP contribution < -0.4 is 5.32 Å². The molecule has 8 heteroatoms. The molecular weight excluding hydrogens is 398 g/mol. The Kier molecular flexibility index (Phi) is 5.68. The summed E-state index contributed by atoms with van der Waals surface area (Å²) >= 11 is 0. The average molecular weight is 427 g/mol. The maximum absolute atomic E-state index is 13.9. The van der Waals surface area contributed by atoms with Gasteiger partial charge in [0, 0.05) is 25.0 Å². The fraction of sp³-hybridized carbons (Fsp3) is 0.667. The lowest BCUT2D eigenvalue weighted by Gasteiger charge is -2.33. The van der Waals surface area contributed by atoms with Gasteiger partial charge in [-0.05, 0) is 75.0 Å². The number of carbonyl (C=O) groups is 1. The number of rotatable bonds is 5. The van der Waals surface area contributed by atoms with Crippen LogP contribution in [-0.4, -0.2) is 37.8 Å². The van der Waals surface area contributed by atoms with Gasteiger partial charge >= 0.3 is 0 Å². The SMILES string of the molecule is CC(NC(=O)C1CCN(S(=O)(=O)c2cc(F)ccc2F)CC1)C1CC2CCC1C2. The summed E-state index contributed by atoms with van der Waals surface area (Å²) in [5.74, 6) is 0.0625. The molecule has 5 nitrogen and oxygen atoms in total. The number of amides is 1. The molecule has 1 saturated heterocycles. The lowest BCUT2D eigenvalue weighted by molar-refractivity contribution is -0.127. The summed E-state index contributed by atoms with van der Waals surface area (Å²) in [5, 5.41) is 3.16. The minimum atomic E-state index is -4.12. The fourth-order valence-corrected chi connectivity index (χ4v) is 7.07. The van der Waals surface area contributed by atoms with Crippen molar-refractivity contribution in [3.8, 4) is 0 Å². The zero-order valence-corrected chi connectivity index (χ0v) is 17.4. The highest BCUT2D eigenvalue weighted by Crippen LogP contribution is 2.49. The number of nitrogens with one attached hydrogen (secondary N) is 1. The minimum absolute atomic E-state index is 0.0192. The molecule has 1 N–H and O–H groups in total. The molecule has 3 fully saturated rings. The van der Waals surface area contributed by atoms with E-state index in [-0.39, 0.29) is 31.0 Å². The summed E-state index contributed by atoms with van der Waals surface area (Å²) in [6.07, 6.45) is 5.83. The topological polar surface area (TPSA) is 66.5 Å². The van der Waals surface area contributed by atoms with Crippen molar-refractivity contribution in [1.82, 2.24) is 9.62 Å². The summed E-state index contributed by atoms with van der Waals surface area (Å²) in [6.45, 7) is 2.33. The molecule has 1 aliphatic heterocycles. The van der Waals surface area contributed by atoms with Gasteiger partial charge in [0.2, 0.25) is 15.9 Å². The maximum Gasteiger partial charge on any atom is 0.246 e. The molecule has 1 aromatic carbocycles. The molecule has 2 saturated carbocycles. The normalized spacial score (nSPS) is 29.1. The molecule has 0 spiro atoms. The third kappa shape index (κ3) is 4.06. The van der Waals surface area contributed by atoms with Gasteiger partial charge in [-0.3, -0.25) is 4.79 Å². The first kappa shape index (κ1) is 20.7. The van der Waals surface area contributed by atoms with Crippen molar-refractivity contribution in [2.75, 3.05) is 13.1 Å². The van der Waals surface area contributed by atoms with Crippen molar-refractivity contribution in [1.29, 1.82) is 0 Å². The number of nitrogens with zero attached hydrogens (tertiary/aromatic N) is 1. The van der Waals surface area contributed by atoms with Gasteiger partial charge in [-0.2, -0.15) is 4.31 Å². The molecule has 0 radical (unpaired) electrons. The molecule has 160 valence electrons. The van der Waals surface area contributed by atoms with Crippen LogP contribution >= 0.6 is 0 Å². The first-order valence-corrected chi connectivity index (χ1v) is 12.0. The van der Waals surface area contributed by atoms with Crippen molar-refractivity contribution >= 4 is 15.9 Å². The number of halogens is 2. The van der Waals surface area contributed by atoms with Gasteiger partial charge in [-0.25, -0.2) is 17.2 Å².